The quantitative estimate of drug-likeness (QED) is 0.537. The number of aromatic nitrogens is 4. The van der Waals surface area contributed by atoms with Gasteiger partial charge in [0.05, 0.1) is 12.7 Å². The molecule has 2 aromatic heterocycles. The summed E-state index contributed by atoms with van der Waals surface area (Å²) in [6, 6.07) is 20.0. The van der Waals surface area contributed by atoms with E-state index in [2.05, 4.69) is 45.6 Å². The maximum absolute atomic E-state index is 6.04. The lowest BCUT2D eigenvalue weighted by Gasteiger charge is -2.04. The number of rotatable bonds is 4. The van der Waals surface area contributed by atoms with E-state index in [-0.39, 0.29) is 0 Å². The van der Waals surface area contributed by atoms with Crippen molar-refractivity contribution in [1.82, 2.24) is 20.0 Å². The molecule has 0 spiro atoms. The standard InChI is InChI=1S/C20H15ClN4/c21-19-5-1-3-17(11-19)20-14-25(24-23-20)13-15-6-8-16(9-7-15)18-4-2-10-22-12-18/h1-12,14H,13H2. The Balaban J connectivity index is 1.51. The van der Waals surface area contributed by atoms with Gasteiger partial charge in [0.25, 0.3) is 0 Å². The zero-order valence-corrected chi connectivity index (χ0v) is 14.1. The van der Waals surface area contributed by atoms with Crippen LogP contribution in [0.2, 0.25) is 5.02 Å². The number of benzene rings is 2. The van der Waals surface area contributed by atoms with Crippen molar-refractivity contribution in [3.05, 3.63) is 89.8 Å². The molecule has 5 heteroatoms. The molecule has 0 radical (unpaired) electrons. The van der Waals surface area contributed by atoms with Crippen LogP contribution in [-0.2, 0) is 6.54 Å². The first-order chi connectivity index (χ1) is 12.3. The molecule has 0 fully saturated rings. The molecule has 4 nitrogen and oxygen atoms in total. The van der Waals surface area contributed by atoms with Gasteiger partial charge in [-0.15, -0.1) is 5.10 Å². The van der Waals surface area contributed by atoms with Gasteiger partial charge in [0.2, 0.25) is 0 Å². The SMILES string of the molecule is Clc1cccc(-c2cn(Cc3ccc(-c4cccnc4)cc3)nn2)c1. The molecule has 0 aliphatic carbocycles. The van der Waals surface area contributed by atoms with E-state index in [0.29, 0.717) is 11.6 Å². The van der Waals surface area contributed by atoms with Gasteiger partial charge in [0.1, 0.15) is 5.69 Å². The fourth-order valence-corrected chi connectivity index (χ4v) is 2.87. The van der Waals surface area contributed by atoms with Gasteiger partial charge in [-0.2, -0.15) is 0 Å². The Morgan fingerprint density at radius 1 is 0.880 bits per heavy atom. The molecule has 2 aromatic carbocycles. The van der Waals surface area contributed by atoms with E-state index in [1.165, 1.54) is 0 Å². The van der Waals surface area contributed by atoms with Crippen molar-refractivity contribution in [2.45, 2.75) is 6.54 Å². The molecule has 0 amide bonds. The first-order valence-electron chi connectivity index (χ1n) is 7.93. The number of nitrogens with zero attached hydrogens (tertiary/aromatic N) is 4. The lowest BCUT2D eigenvalue weighted by atomic mass is 10.1. The van der Waals surface area contributed by atoms with Crippen molar-refractivity contribution in [1.29, 1.82) is 0 Å². The predicted octanol–water partition coefficient (Wildman–Crippen LogP) is 4.71. The Labute approximate surface area is 150 Å². The van der Waals surface area contributed by atoms with E-state index in [1.807, 2.05) is 47.4 Å². The van der Waals surface area contributed by atoms with Crippen LogP contribution in [0.3, 0.4) is 0 Å². The number of halogens is 1. The molecule has 0 saturated heterocycles. The third-order valence-electron chi connectivity index (χ3n) is 3.95. The highest BCUT2D eigenvalue weighted by atomic mass is 35.5. The molecule has 0 N–H and O–H groups in total. The molecule has 2 heterocycles. The molecule has 4 rings (SSSR count). The van der Waals surface area contributed by atoms with Gasteiger partial charge in [0.15, 0.2) is 0 Å². The topological polar surface area (TPSA) is 43.6 Å². The molecule has 0 bridgehead atoms. The van der Waals surface area contributed by atoms with Crippen LogP contribution in [0.15, 0.2) is 79.3 Å². The van der Waals surface area contributed by atoms with Gasteiger partial charge < -0.3 is 0 Å². The van der Waals surface area contributed by atoms with Crippen LogP contribution >= 0.6 is 11.6 Å². The van der Waals surface area contributed by atoms with E-state index in [9.17, 15) is 0 Å². The van der Waals surface area contributed by atoms with E-state index in [0.717, 1.165) is 27.9 Å². The van der Waals surface area contributed by atoms with Gasteiger partial charge in [0, 0.05) is 23.0 Å². The summed E-state index contributed by atoms with van der Waals surface area (Å²) in [4.78, 5) is 4.16. The summed E-state index contributed by atoms with van der Waals surface area (Å²) in [5.74, 6) is 0. The van der Waals surface area contributed by atoms with Gasteiger partial charge in [-0.25, -0.2) is 4.68 Å². The second kappa shape index (κ2) is 6.87. The van der Waals surface area contributed by atoms with Gasteiger partial charge in [-0.05, 0) is 34.9 Å². The van der Waals surface area contributed by atoms with E-state index >= 15 is 0 Å². The summed E-state index contributed by atoms with van der Waals surface area (Å²) in [5.41, 5.74) is 5.20. The summed E-state index contributed by atoms with van der Waals surface area (Å²) in [6.45, 7) is 0.668. The van der Waals surface area contributed by atoms with Crippen LogP contribution in [0, 0.1) is 0 Å². The molecule has 4 aromatic rings. The number of pyridine rings is 1. The Kier molecular flexibility index (Phi) is 4.27. The average molecular weight is 347 g/mol. The molecule has 25 heavy (non-hydrogen) atoms. The van der Waals surface area contributed by atoms with Crippen LogP contribution in [0.1, 0.15) is 5.56 Å². The predicted molar refractivity (Wildman–Crippen MR) is 99.2 cm³/mol. The highest BCUT2D eigenvalue weighted by Crippen LogP contribution is 2.21. The zero-order valence-electron chi connectivity index (χ0n) is 13.4. The smallest absolute Gasteiger partial charge is 0.113 e. The summed E-state index contributed by atoms with van der Waals surface area (Å²) in [6.07, 6.45) is 5.57. The van der Waals surface area contributed by atoms with E-state index < -0.39 is 0 Å². The third-order valence-corrected chi connectivity index (χ3v) is 4.19. The number of hydrogen-bond donors (Lipinski definition) is 0. The van der Waals surface area contributed by atoms with Crippen molar-refractivity contribution >= 4 is 11.6 Å². The van der Waals surface area contributed by atoms with Crippen LogP contribution in [-0.4, -0.2) is 20.0 Å². The number of hydrogen-bond acceptors (Lipinski definition) is 3. The minimum Gasteiger partial charge on any atom is -0.264 e. The maximum atomic E-state index is 6.04. The Hall–Kier alpha value is -2.98. The summed E-state index contributed by atoms with van der Waals surface area (Å²) in [7, 11) is 0. The fraction of sp³-hybridized carbons (Fsp3) is 0.0500. The fourth-order valence-electron chi connectivity index (χ4n) is 2.68. The molecule has 0 unspecified atom stereocenters. The lowest BCUT2D eigenvalue weighted by Crippen LogP contribution is -2.00. The Morgan fingerprint density at radius 2 is 1.72 bits per heavy atom. The highest BCUT2D eigenvalue weighted by Gasteiger charge is 2.05. The summed E-state index contributed by atoms with van der Waals surface area (Å²) < 4.78 is 1.83. The largest absolute Gasteiger partial charge is 0.264 e. The van der Waals surface area contributed by atoms with Crippen molar-refractivity contribution in [2.75, 3.05) is 0 Å². The van der Waals surface area contributed by atoms with E-state index in [4.69, 9.17) is 11.6 Å². The zero-order chi connectivity index (χ0) is 17.1. The van der Waals surface area contributed by atoms with Crippen molar-refractivity contribution < 1.29 is 0 Å². The lowest BCUT2D eigenvalue weighted by molar-refractivity contribution is 0.650. The minimum absolute atomic E-state index is 0.668. The highest BCUT2D eigenvalue weighted by molar-refractivity contribution is 6.30. The van der Waals surface area contributed by atoms with Gasteiger partial charge in [-0.3, -0.25) is 4.98 Å². The second-order valence-corrected chi connectivity index (χ2v) is 6.19. The Bertz CT molecular complexity index is 978. The van der Waals surface area contributed by atoms with Gasteiger partial charge >= 0.3 is 0 Å². The van der Waals surface area contributed by atoms with E-state index in [1.54, 1.807) is 6.20 Å². The Morgan fingerprint density at radius 3 is 2.48 bits per heavy atom. The summed E-state index contributed by atoms with van der Waals surface area (Å²) >= 11 is 6.04. The van der Waals surface area contributed by atoms with Crippen LogP contribution < -0.4 is 0 Å². The monoisotopic (exact) mass is 346 g/mol. The van der Waals surface area contributed by atoms with Crippen molar-refractivity contribution in [3.63, 3.8) is 0 Å². The normalized spacial score (nSPS) is 10.8. The maximum Gasteiger partial charge on any atom is 0.113 e. The second-order valence-electron chi connectivity index (χ2n) is 5.75. The molecule has 0 aliphatic heterocycles. The molecule has 0 saturated carbocycles. The minimum atomic E-state index is 0.668. The molecule has 0 atom stereocenters. The van der Waals surface area contributed by atoms with Crippen molar-refractivity contribution in [3.8, 4) is 22.4 Å². The molecule has 0 aliphatic rings. The summed E-state index contributed by atoms with van der Waals surface area (Å²) in [5, 5.41) is 9.14. The third kappa shape index (κ3) is 3.59. The molecule has 122 valence electrons. The van der Waals surface area contributed by atoms with Crippen molar-refractivity contribution in [2.24, 2.45) is 0 Å². The molecular formula is C20H15ClN4. The van der Waals surface area contributed by atoms with Crippen LogP contribution in [0.25, 0.3) is 22.4 Å². The first kappa shape index (κ1) is 15.5. The molecular weight excluding hydrogens is 332 g/mol. The van der Waals surface area contributed by atoms with Gasteiger partial charge in [-0.1, -0.05) is 59.3 Å². The first-order valence-corrected chi connectivity index (χ1v) is 8.31. The van der Waals surface area contributed by atoms with Crippen LogP contribution in [0.4, 0.5) is 0 Å². The van der Waals surface area contributed by atoms with Crippen LogP contribution in [0.5, 0.6) is 0 Å². The average Bonchev–Trinajstić information content (AvgIpc) is 3.12.